The molecule has 0 aliphatic rings. The summed E-state index contributed by atoms with van der Waals surface area (Å²) < 4.78 is 30.1. The highest BCUT2D eigenvalue weighted by atomic mass is 32.2. The van der Waals surface area contributed by atoms with Gasteiger partial charge in [-0.15, -0.1) is 0 Å². The van der Waals surface area contributed by atoms with E-state index in [1.54, 1.807) is 19.1 Å². The second kappa shape index (κ2) is 7.08. The fraction of sp³-hybridized carbons (Fsp3) is 0.250. The number of nitrogens with one attached hydrogen (secondary N) is 1. The van der Waals surface area contributed by atoms with Crippen LogP contribution in [0.1, 0.15) is 39.4 Å². The number of furan rings is 1. The Bertz CT molecular complexity index is 884. The van der Waals surface area contributed by atoms with Crippen LogP contribution in [0.4, 0.5) is 0 Å². The van der Waals surface area contributed by atoms with Crippen molar-refractivity contribution in [3.63, 3.8) is 0 Å². The first-order valence-corrected chi connectivity index (χ1v) is 8.72. The molecule has 1 aromatic heterocycles. The molecular formula is C16H18N2O6S. The van der Waals surface area contributed by atoms with Gasteiger partial charge >= 0.3 is 5.97 Å². The number of sulfonamides is 1. The summed E-state index contributed by atoms with van der Waals surface area (Å²) in [5, 5.41) is 11.5. The molecule has 0 bridgehead atoms. The molecule has 134 valence electrons. The molecule has 9 heteroatoms. The summed E-state index contributed by atoms with van der Waals surface area (Å²) in [5.74, 6) is -1.87. The number of carboxylic acid groups (broad SMARTS) is 1. The van der Waals surface area contributed by atoms with Crippen molar-refractivity contribution in [3.8, 4) is 0 Å². The van der Waals surface area contributed by atoms with Crippen LogP contribution in [0.15, 0.2) is 45.9 Å². The lowest BCUT2D eigenvalue weighted by Crippen LogP contribution is -2.26. The Morgan fingerprint density at radius 2 is 1.80 bits per heavy atom. The molecular weight excluding hydrogens is 348 g/mol. The van der Waals surface area contributed by atoms with Crippen LogP contribution in [0.3, 0.4) is 0 Å². The summed E-state index contributed by atoms with van der Waals surface area (Å²) in [7, 11) is -0.625. The van der Waals surface area contributed by atoms with Crippen LogP contribution in [0.5, 0.6) is 0 Å². The number of benzene rings is 1. The maximum absolute atomic E-state index is 12.1. The number of carbonyl (C=O) groups is 2. The van der Waals surface area contributed by atoms with Gasteiger partial charge in [-0.2, -0.15) is 0 Å². The van der Waals surface area contributed by atoms with Gasteiger partial charge in [-0.3, -0.25) is 4.79 Å². The van der Waals surface area contributed by atoms with Crippen molar-refractivity contribution in [1.29, 1.82) is 0 Å². The molecule has 1 heterocycles. The van der Waals surface area contributed by atoms with Gasteiger partial charge < -0.3 is 14.8 Å². The lowest BCUT2D eigenvalue weighted by Gasteiger charge is -2.15. The van der Waals surface area contributed by atoms with Gasteiger partial charge in [-0.1, -0.05) is 12.1 Å². The van der Waals surface area contributed by atoms with Crippen LogP contribution in [0, 0.1) is 0 Å². The van der Waals surface area contributed by atoms with E-state index in [0.717, 1.165) is 16.6 Å². The van der Waals surface area contributed by atoms with Crippen LogP contribution in [0.25, 0.3) is 0 Å². The van der Waals surface area contributed by atoms with Crippen molar-refractivity contribution in [2.75, 3.05) is 14.1 Å². The summed E-state index contributed by atoms with van der Waals surface area (Å²) in [4.78, 5) is 23.0. The Kier molecular flexibility index (Phi) is 5.29. The summed E-state index contributed by atoms with van der Waals surface area (Å²) >= 11 is 0. The van der Waals surface area contributed by atoms with E-state index in [9.17, 15) is 18.0 Å². The molecule has 1 atom stereocenters. The fourth-order valence-electron chi connectivity index (χ4n) is 2.06. The number of hydrogen-bond acceptors (Lipinski definition) is 5. The quantitative estimate of drug-likeness (QED) is 0.804. The van der Waals surface area contributed by atoms with Gasteiger partial charge in [0, 0.05) is 20.2 Å². The minimum absolute atomic E-state index is 0.115. The predicted octanol–water partition coefficient (Wildman–Crippen LogP) is 1.72. The zero-order valence-electron chi connectivity index (χ0n) is 13.9. The van der Waals surface area contributed by atoms with Crippen molar-refractivity contribution >= 4 is 21.9 Å². The number of rotatable bonds is 6. The fourth-order valence-corrected chi connectivity index (χ4v) is 2.96. The smallest absolute Gasteiger partial charge is 0.338 e. The van der Waals surface area contributed by atoms with Crippen LogP contribution in [0.2, 0.25) is 0 Å². The molecule has 25 heavy (non-hydrogen) atoms. The first kappa shape index (κ1) is 18.7. The highest BCUT2D eigenvalue weighted by Crippen LogP contribution is 2.19. The summed E-state index contributed by atoms with van der Waals surface area (Å²) in [5.41, 5.74) is 0.576. The second-order valence-electron chi connectivity index (χ2n) is 5.56. The Morgan fingerprint density at radius 1 is 1.20 bits per heavy atom. The van der Waals surface area contributed by atoms with E-state index < -0.39 is 27.9 Å². The summed E-state index contributed by atoms with van der Waals surface area (Å²) in [6.45, 7) is 1.72. The number of nitrogens with zero attached hydrogens (tertiary/aromatic N) is 1. The van der Waals surface area contributed by atoms with E-state index in [2.05, 4.69) is 5.32 Å². The van der Waals surface area contributed by atoms with Crippen LogP contribution in [-0.4, -0.2) is 43.8 Å². The Hall–Kier alpha value is -2.65. The zero-order valence-corrected chi connectivity index (χ0v) is 14.7. The zero-order chi connectivity index (χ0) is 18.8. The molecule has 0 radical (unpaired) electrons. The topological polar surface area (TPSA) is 117 Å². The summed E-state index contributed by atoms with van der Waals surface area (Å²) in [6.07, 6.45) is 0.989. The molecule has 0 saturated carbocycles. The van der Waals surface area contributed by atoms with Gasteiger partial charge in [-0.05, 0) is 24.6 Å². The van der Waals surface area contributed by atoms with Gasteiger partial charge in [0.1, 0.15) is 6.26 Å². The third-order valence-electron chi connectivity index (χ3n) is 3.58. The SMILES string of the molecule is CC(NC(=O)c1cc(C(=O)O)co1)c1ccc(S(=O)(=O)N(C)C)cc1. The second-order valence-corrected chi connectivity index (χ2v) is 7.71. The average molecular weight is 366 g/mol. The summed E-state index contributed by atoms with van der Waals surface area (Å²) in [6, 6.07) is 6.84. The number of carbonyl (C=O) groups excluding carboxylic acids is 1. The highest BCUT2D eigenvalue weighted by molar-refractivity contribution is 7.89. The third-order valence-corrected chi connectivity index (χ3v) is 5.41. The molecule has 2 rings (SSSR count). The maximum Gasteiger partial charge on any atom is 0.338 e. The lowest BCUT2D eigenvalue weighted by atomic mass is 10.1. The normalized spacial score (nSPS) is 12.8. The van der Waals surface area contributed by atoms with Gasteiger partial charge in [-0.25, -0.2) is 17.5 Å². The molecule has 1 amide bonds. The van der Waals surface area contributed by atoms with Gasteiger partial charge in [0.2, 0.25) is 10.0 Å². The molecule has 2 N–H and O–H groups in total. The van der Waals surface area contributed by atoms with E-state index in [1.807, 2.05) is 0 Å². The van der Waals surface area contributed by atoms with Crippen molar-refractivity contribution < 1.29 is 27.5 Å². The molecule has 0 spiro atoms. The Labute approximate surface area is 145 Å². The predicted molar refractivity (Wildman–Crippen MR) is 88.9 cm³/mol. The Morgan fingerprint density at radius 3 is 2.28 bits per heavy atom. The van der Waals surface area contributed by atoms with Crippen LogP contribution < -0.4 is 5.32 Å². The largest absolute Gasteiger partial charge is 0.478 e. The van der Waals surface area contributed by atoms with E-state index in [4.69, 9.17) is 9.52 Å². The average Bonchev–Trinajstić information content (AvgIpc) is 3.05. The lowest BCUT2D eigenvalue weighted by molar-refractivity contribution is 0.0695. The molecule has 0 aliphatic carbocycles. The van der Waals surface area contributed by atoms with Crippen molar-refractivity contribution in [1.82, 2.24) is 9.62 Å². The van der Waals surface area contributed by atoms with Gasteiger partial charge in [0.25, 0.3) is 5.91 Å². The minimum atomic E-state index is -3.52. The molecule has 1 unspecified atom stereocenters. The van der Waals surface area contributed by atoms with Gasteiger partial charge in [0.05, 0.1) is 16.5 Å². The molecule has 2 aromatic rings. The number of hydrogen-bond donors (Lipinski definition) is 2. The number of amides is 1. The van der Waals surface area contributed by atoms with Crippen LogP contribution >= 0.6 is 0 Å². The monoisotopic (exact) mass is 366 g/mol. The van der Waals surface area contributed by atoms with Crippen molar-refractivity contribution in [3.05, 3.63) is 53.5 Å². The van der Waals surface area contributed by atoms with Crippen LogP contribution in [-0.2, 0) is 10.0 Å². The van der Waals surface area contributed by atoms with E-state index >= 15 is 0 Å². The van der Waals surface area contributed by atoms with Crippen molar-refractivity contribution in [2.45, 2.75) is 17.9 Å². The molecule has 8 nitrogen and oxygen atoms in total. The first-order valence-electron chi connectivity index (χ1n) is 7.28. The van der Waals surface area contributed by atoms with E-state index in [0.29, 0.717) is 5.56 Å². The number of carboxylic acids is 1. The van der Waals surface area contributed by atoms with E-state index in [1.165, 1.54) is 26.2 Å². The molecule has 0 fully saturated rings. The van der Waals surface area contributed by atoms with Crippen molar-refractivity contribution in [2.24, 2.45) is 0 Å². The minimum Gasteiger partial charge on any atom is -0.478 e. The third kappa shape index (κ3) is 4.06. The standard InChI is InChI=1S/C16H18N2O6S/c1-10(17-15(19)14-8-12(9-24-14)16(20)21)11-4-6-13(7-5-11)25(22,23)18(2)3/h4-10H,1-3H3,(H,17,19)(H,20,21). The number of aromatic carboxylic acids is 1. The Balaban J connectivity index is 2.11. The maximum atomic E-state index is 12.1. The molecule has 1 aromatic carbocycles. The molecule has 0 aliphatic heterocycles. The molecule has 0 saturated heterocycles. The highest BCUT2D eigenvalue weighted by Gasteiger charge is 2.19. The van der Waals surface area contributed by atoms with Gasteiger partial charge in [0.15, 0.2) is 5.76 Å². The van der Waals surface area contributed by atoms with E-state index in [-0.39, 0.29) is 16.2 Å². The first-order chi connectivity index (χ1) is 11.6.